The Kier molecular flexibility index (Phi) is 9.47. The van der Waals surface area contributed by atoms with Gasteiger partial charge in [0.05, 0.1) is 22.3 Å². The molecule has 0 aliphatic rings. The van der Waals surface area contributed by atoms with Gasteiger partial charge in [0.15, 0.2) is 0 Å². The molecule has 240 valence electrons. The van der Waals surface area contributed by atoms with E-state index in [4.69, 9.17) is 0 Å². The molecule has 0 spiro atoms. The molecule has 45 heavy (non-hydrogen) atoms. The van der Waals surface area contributed by atoms with Crippen molar-refractivity contribution in [3.8, 4) is 0 Å². The molecule has 0 atom stereocenters. The summed E-state index contributed by atoms with van der Waals surface area (Å²) in [6.45, 7) is 2.29. The maximum atomic E-state index is 14.4. The fraction of sp³-hybridized carbons (Fsp3) is 0.226. The van der Waals surface area contributed by atoms with Crippen molar-refractivity contribution < 1.29 is 52.7 Å². The van der Waals surface area contributed by atoms with E-state index in [2.05, 4.69) is 0 Å². The maximum absolute atomic E-state index is 14.4. The Morgan fingerprint density at radius 1 is 0.333 bits per heavy atom. The zero-order valence-electron chi connectivity index (χ0n) is 23.2. The van der Waals surface area contributed by atoms with Crippen molar-refractivity contribution in [2.45, 2.75) is 43.4 Å². The lowest BCUT2D eigenvalue weighted by molar-refractivity contribution is -0.137. The quantitative estimate of drug-likeness (QED) is 0.140. The predicted molar refractivity (Wildman–Crippen MR) is 152 cm³/mol. The van der Waals surface area contributed by atoms with Crippen molar-refractivity contribution in [1.29, 1.82) is 0 Å². The summed E-state index contributed by atoms with van der Waals surface area (Å²) in [6, 6.07) is 14.8. The summed E-state index contributed by atoms with van der Waals surface area (Å²) in [5, 5.41) is -2.65. The van der Waals surface area contributed by atoms with Crippen molar-refractivity contribution in [1.82, 2.24) is 0 Å². The normalized spacial score (nSPS) is 13.5. The molecule has 0 nitrogen and oxygen atoms in total. The smallest absolute Gasteiger partial charge is 0.166 e. The van der Waals surface area contributed by atoms with Crippen LogP contribution < -0.4 is 21.2 Å². The van der Waals surface area contributed by atoms with Crippen LogP contribution in [0.4, 0.5) is 52.7 Å². The Morgan fingerprint density at radius 2 is 0.511 bits per heavy atom. The van der Waals surface area contributed by atoms with Crippen LogP contribution in [0.5, 0.6) is 0 Å². The Bertz CT molecular complexity index is 1410. The van der Waals surface area contributed by atoms with Crippen LogP contribution in [0.1, 0.15) is 36.1 Å². The molecule has 4 rings (SSSR count). The monoisotopic (exact) mass is 684 g/mol. The van der Waals surface area contributed by atoms with E-state index >= 15 is 0 Å². The molecular formula is C31H22F12P2. The van der Waals surface area contributed by atoms with Crippen LogP contribution in [0.15, 0.2) is 97.1 Å². The van der Waals surface area contributed by atoms with Gasteiger partial charge in [0.25, 0.3) is 0 Å². The van der Waals surface area contributed by atoms with Crippen LogP contribution in [0.3, 0.4) is 0 Å². The minimum atomic E-state index is -5.11. The van der Waals surface area contributed by atoms with Gasteiger partial charge in [-0.3, -0.25) is 0 Å². The molecule has 0 N–H and O–H groups in total. The number of benzene rings is 4. The molecule has 0 saturated carbocycles. The van der Waals surface area contributed by atoms with E-state index in [9.17, 15) is 52.7 Å². The van der Waals surface area contributed by atoms with Gasteiger partial charge < -0.3 is 0 Å². The van der Waals surface area contributed by atoms with E-state index < -0.39 is 88.9 Å². The molecule has 0 amide bonds. The first-order chi connectivity index (χ1) is 20.7. The maximum Gasteiger partial charge on any atom is 0.417 e. The van der Waals surface area contributed by atoms with Gasteiger partial charge in [-0.1, -0.05) is 86.6 Å². The molecule has 0 saturated heterocycles. The fourth-order valence-corrected chi connectivity index (χ4v) is 12.9. The lowest BCUT2D eigenvalue weighted by Gasteiger charge is -2.45. The van der Waals surface area contributed by atoms with E-state index in [-0.39, 0.29) is 0 Å². The molecule has 4 aromatic carbocycles. The molecule has 0 radical (unpaired) electrons. The highest BCUT2D eigenvalue weighted by Gasteiger charge is 2.51. The Balaban J connectivity index is 2.22. The first kappa shape index (κ1) is 34.8. The molecule has 0 aliphatic heterocycles. The number of hydrogen-bond donors (Lipinski definition) is 0. The predicted octanol–water partition coefficient (Wildman–Crippen LogP) is 10.1. The van der Waals surface area contributed by atoms with E-state index in [1.807, 2.05) is 0 Å². The van der Waals surface area contributed by atoms with Gasteiger partial charge in [0.2, 0.25) is 0 Å². The Labute approximate surface area is 252 Å². The third-order valence-electron chi connectivity index (χ3n) is 6.90. The van der Waals surface area contributed by atoms with Gasteiger partial charge in [-0.25, -0.2) is 0 Å². The van der Waals surface area contributed by atoms with Crippen molar-refractivity contribution in [2.75, 3.05) is 0 Å². The Hall–Kier alpha value is -3.10. The number of hydrogen-bond acceptors (Lipinski definition) is 0. The Morgan fingerprint density at radius 3 is 0.689 bits per heavy atom. The van der Waals surface area contributed by atoms with Crippen molar-refractivity contribution in [3.05, 3.63) is 119 Å². The fourth-order valence-electron chi connectivity index (χ4n) is 5.17. The van der Waals surface area contributed by atoms with Gasteiger partial charge in [-0.15, -0.1) is 0 Å². The second-order valence-corrected chi connectivity index (χ2v) is 16.1. The second kappa shape index (κ2) is 12.3. The largest absolute Gasteiger partial charge is 0.417 e. The summed E-state index contributed by atoms with van der Waals surface area (Å²) in [4.78, 5) is -2.09. The summed E-state index contributed by atoms with van der Waals surface area (Å²) in [6.07, 6.45) is -20.5. The molecular weight excluding hydrogens is 662 g/mol. The summed E-state index contributed by atoms with van der Waals surface area (Å²) in [5.41, 5.74) is -5.37. The lowest BCUT2D eigenvalue weighted by atomic mass is 10.2. The number of rotatable bonds is 6. The summed E-state index contributed by atoms with van der Waals surface area (Å²) < 4.78 is 173. The second-order valence-electron chi connectivity index (χ2n) is 10.2. The number of alkyl halides is 12. The van der Waals surface area contributed by atoms with E-state index in [0.717, 1.165) is 86.6 Å². The van der Waals surface area contributed by atoms with Gasteiger partial charge in [0, 0.05) is 4.90 Å². The molecule has 0 bridgehead atoms. The topological polar surface area (TPSA) is 0 Å². The van der Waals surface area contributed by atoms with Crippen LogP contribution in [-0.2, 0) is 24.7 Å². The van der Waals surface area contributed by atoms with E-state index in [0.29, 0.717) is 24.3 Å². The van der Waals surface area contributed by atoms with Crippen LogP contribution in [-0.4, -0.2) is 4.90 Å². The SMILES string of the molecule is CC(C)(P(c1ccccc1C(F)(F)F)c1ccccc1C(F)(F)F)P(c1ccccc1C(F)(F)F)c1ccccc1C(F)(F)F. The lowest BCUT2D eigenvalue weighted by Crippen LogP contribution is -2.40. The summed E-state index contributed by atoms with van der Waals surface area (Å²) >= 11 is 0. The van der Waals surface area contributed by atoms with Crippen LogP contribution in [0.25, 0.3) is 0 Å². The van der Waals surface area contributed by atoms with Crippen LogP contribution in [0, 0.1) is 0 Å². The van der Waals surface area contributed by atoms with E-state index in [1.54, 1.807) is 0 Å². The van der Waals surface area contributed by atoms with Gasteiger partial charge >= 0.3 is 24.7 Å². The third-order valence-corrected chi connectivity index (χ3v) is 13.8. The highest BCUT2D eigenvalue weighted by atomic mass is 31.2. The van der Waals surface area contributed by atoms with E-state index in [1.165, 1.54) is 0 Å². The minimum absolute atomic E-state index is 0.631. The average Bonchev–Trinajstić information content (AvgIpc) is 2.92. The van der Waals surface area contributed by atoms with Crippen molar-refractivity contribution in [3.63, 3.8) is 0 Å². The van der Waals surface area contributed by atoms with Crippen LogP contribution >= 0.6 is 15.8 Å². The summed E-state index contributed by atoms with van der Waals surface area (Å²) in [7, 11) is -5.99. The average molecular weight is 684 g/mol. The van der Waals surface area contributed by atoms with Crippen LogP contribution in [0.2, 0.25) is 0 Å². The molecule has 0 unspecified atom stereocenters. The minimum Gasteiger partial charge on any atom is -0.166 e. The van der Waals surface area contributed by atoms with Gasteiger partial charge in [-0.05, 0) is 61.3 Å². The van der Waals surface area contributed by atoms with Gasteiger partial charge in [0.1, 0.15) is 0 Å². The first-order valence-electron chi connectivity index (χ1n) is 12.9. The third kappa shape index (κ3) is 7.17. The molecule has 0 aromatic heterocycles. The zero-order chi connectivity index (χ0) is 33.6. The number of halogens is 12. The molecule has 14 heteroatoms. The molecule has 4 aromatic rings. The molecule has 0 aliphatic carbocycles. The first-order valence-corrected chi connectivity index (χ1v) is 15.6. The van der Waals surface area contributed by atoms with Crippen molar-refractivity contribution >= 4 is 37.1 Å². The van der Waals surface area contributed by atoms with Crippen molar-refractivity contribution in [2.24, 2.45) is 0 Å². The molecule has 0 fully saturated rings. The standard InChI is InChI=1S/C31H22F12P2/c1-27(2,44(23-15-7-3-11-19(23)28(32,33)34)24-16-8-4-12-20(24)29(35,36)37)45(25-17-9-5-13-21(25)30(38,39)40)26-18-10-6-14-22(26)31(41,42)43/h3-18H,1-2H3. The highest BCUT2D eigenvalue weighted by molar-refractivity contribution is 7.91. The summed E-state index contributed by atoms with van der Waals surface area (Å²) in [5.74, 6) is 0. The molecule has 0 heterocycles. The van der Waals surface area contributed by atoms with Gasteiger partial charge in [-0.2, -0.15) is 52.7 Å². The highest BCUT2D eigenvalue weighted by Crippen LogP contribution is 2.67. The zero-order valence-corrected chi connectivity index (χ0v) is 25.0.